The number of aromatic nitrogens is 3. The average Bonchev–Trinajstić information content (AvgIpc) is 2.82. The molecule has 0 aliphatic heterocycles. The fourth-order valence-electron chi connectivity index (χ4n) is 2.41. The lowest BCUT2D eigenvalue weighted by Gasteiger charge is -2.08. The zero-order valence-corrected chi connectivity index (χ0v) is 11.1. The van der Waals surface area contributed by atoms with Crippen molar-refractivity contribution in [1.82, 2.24) is 15.0 Å². The van der Waals surface area contributed by atoms with Gasteiger partial charge in [0.2, 0.25) is 0 Å². The minimum Gasteiger partial charge on any atom is -0.477 e. The highest BCUT2D eigenvalue weighted by atomic mass is 16.4. The van der Waals surface area contributed by atoms with Crippen LogP contribution in [-0.4, -0.2) is 26.0 Å². The van der Waals surface area contributed by atoms with Crippen molar-refractivity contribution in [1.29, 1.82) is 0 Å². The summed E-state index contributed by atoms with van der Waals surface area (Å²) in [5.74, 6) is -0.960. The Balaban J connectivity index is 2.20. The smallest absolute Gasteiger partial charge is 0.352 e. The van der Waals surface area contributed by atoms with E-state index in [2.05, 4.69) is 15.0 Å². The Morgan fingerprint density at radius 3 is 2.50 bits per heavy atom. The van der Waals surface area contributed by atoms with Crippen LogP contribution in [0.15, 0.2) is 30.6 Å². The van der Waals surface area contributed by atoms with E-state index in [4.69, 9.17) is 5.11 Å². The third-order valence-electron chi connectivity index (χ3n) is 3.37. The minimum atomic E-state index is -0.960. The minimum absolute atomic E-state index is 0.190. The van der Waals surface area contributed by atoms with Crippen LogP contribution < -0.4 is 0 Å². The Bertz CT molecular complexity index is 801. The maximum absolute atomic E-state index is 11.0. The number of benzene rings is 1. The molecule has 0 radical (unpaired) electrons. The number of hydrogen-bond donors (Lipinski definition) is 2. The van der Waals surface area contributed by atoms with E-state index in [0.29, 0.717) is 0 Å². The number of fused-ring (bicyclic) bond motifs is 1. The van der Waals surface area contributed by atoms with Gasteiger partial charge in [-0.1, -0.05) is 12.1 Å². The molecule has 3 rings (SSSR count). The zero-order valence-electron chi connectivity index (χ0n) is 11.1. The summed E-state index contributed by atoms with van der Waals surface area (Å²) in [7, 11) is 0. The van der Waals surface area contributed by atoms with E-state index >= 15 is 0 Å². The molecule has 20 heavy (non-hydrogen) atoms. The number of carbonyl (C=O) groups is 1. The molecule has 0 bridgehead atoms. The Kier molecular flexibility index (Phi) is 2.75. The number of aromatic carboxylic acids is 1. The van der Waals surface area contributed by atoms with E-state index < -0.39 is 5.97 Å². The van der Waals surface area contributed by atoms with E-state index in [-0.39, 0.29) is 5.69 Å². The van der Waals surface area contributed by atoms with Crippen LogP contribution in [0.2, 0.25) is 0 Å². The van der Waals surface area contributed by atoms with E-state index in [9.17, 15) is 4.79 Å². The number of nitrogens with one attached hydrogen (secondary N) is 1. The van der Waals surface area contributed by atoms with Crippen molar-refractivity contribution in [2.75, 3.05) is 0 Å². The van der Waals surface area contributed by atoms with Gasteiger partial charge in [-0.25, -0.2) is 14.8 Å². The summed E-state index contributed by atoms with van der Waals surface area (Å²) in [5.41, 5.74) is 4.76. The predicted molar refractivity (Wildman–Crippen MR) is 75.8 cm³/mol. The first-order valence-corrected chi connectivity index (χ1v) is 6.21. The summed E-state index contributed by atoms with van der Waals surface area (Å²) >= 11 is 0. The zero-order chi connectivity index (χ0) is 14.3. The molecule has 2 heterocycles. The highest BCUT2D eigenvalue weighted by molar-refractivity contribution is 5.95. The highest BCUT2D eigenvalue weighted by Gasteiger charge is 2.11. The lowest BCUT2D eigenvalue weighted by atomic mass is 10.0. The summed E-state index contributed by atoms with van der Waals surface area (Å²) in [6.07, 6.45) is 1.55. The first kappa shape index (κ1) is 12.3. The van der Waals surface area contributed by atoms with Crippen molar-refractivity contribution in [3.63, 3.8) is 0 Å². The van der Waals surface area contributed by atoms with Gasteiger partial charge in [-0.05, 0) is 31.5 Å². The molecule has 2 aromatic heterocycles. The van der Waals surface area contributed by atoms with Crippen molar-refractivity contribution < 1.29 is 9.90 Å². The topological polar surface area (TPSA) is 78.9 Å². The van der Waals surface area contributed by atoms with Gasteiger partial charge >= 0.3 is 5.97 Å². The normalized spacial score (nSPS) is 10.9. The molecule has 100 valence electrons. The molecule has 0 atom stereocenters. The summed E-state index contributed by atoms with van der Waals surface area (Å²) in [4.78, 5) is 22.3. The van der Waals surface area contributed by atoms with E-state index in [1.807, 2.05) is 32.0 Å². The largest absolute Gasteiger partial charge is 0.477 e. The van der Waals surface area contributed by atoms with Crippen LogP contribution in [0.3, 0.4) is 0 Å². The quantitative estimate of drug-likeness (QED) is 0.748. The number of hydrogen-bond acceptors (Lipinski definition) is 3. The fraction of sp³-hybridized carbons (Fsp3) is 0.133. The lowest BCUT2D eigenvalue weighted by molar-refractivity contribution is 0.0691. The SMILES string of the molecule is Cc1ncnc(C)c1-c1ccc2cc(C(=O)O)[nH]c2c1. The Morgan fingerprint density at radius 2 is 1.85 bits per heavy atom. The van der Waals surface area contributed by atoms with Crippen LogP contribution >= 0.6 is 0 Å². The molecule has 0 saturated carbocycles. The second kappa shape index (κ2) is 4.45. The van der Waals surface area contributed by atoms with Crippen LogP contribution in [0.1, 0.15) is 21.9 Å². The molecule has 0 fully saturated rings. The number of rotatable bonds is 2. The summed E-state index contributed by atoms with van der Waals surface area (Å²) < 4.78 is 0. The van der Waals surface area contributed by atoms with E-state index in [1.165, 1.54) is 0 Å². The fourth-order valence-corrected chi connectivity index (χ4v) is 2.41. The van der Waals surface area contributed by atoms with E-state index in [0.717, 1.165) is 33.4 Å². The molecule has 5 heteroatoms. The van der Waals surface area contributed by atoms with Crippen molar-refractivity contribution >= 4 is 16.9 Å². The van der Waals surface area contributed by atoms with Crippen LogP contribution in [0.5, 0.6) is 0 Å². The summed E-state index contributed by atoms with van der Waals surface area (Å²) in [5, 5.41) is 9.88. The molecule has 0 saturated heterocycles. The van der Waals surface area contributed by atoms with Gasteiger partial charge in [-0.2, -0.15) is 0 Å². The molecular formula is C15H13N3O2. The van der Waals surface area contributed by atoms with E-state index in [1.54, 1.807) is 12.4 Å². The second-order valence-electron chi connectivity index (χ2n) is 4.71. The molecule has 2 N–H and O–H groups in total. The molecule has 5 nitrogen and oxygen atoms in total. The molecule has 0 aliphatic carbocycles. The van der Waals surface area contributed by atoms with Gasteiger partial charge in [0, 0.05) is 27.9 Å². The maximum Gasteiger partial charge on any atom is 0.352 e. The van der Waals surface area contributed by atoms with Gasteiger partial charge in [0.15, 0.2) is 0 Å². The van der Waals surface area contributed by atoms with Gasteiger partial charge in [0.25, 0.3) is 0 Å². The van der Waals surface area contributed by atoms with Gasteiger partial charge in [-0.15, -0.1) is 0 Å². The van der Waals surface area contributed by atoms with Crippen LogP contribution in [0.25, 0.3) is 22.0 Å². The number of aromatic amines is 1. The number of carboxylic acids is 1. The molecule has 3 aromatic rings. The molecule has 0 aliphatic rings. The number of H-pyrrole nitrogens is 1. The van der Waals surface area contributed by atoms with Gasteiger partial charge in [-0.3, -0.25) is 0 Å². The average molecular weight is 267 g/mol. The van der Waals surface area contributed by atoms with Gasteiger partial charge in [0.1, 0.15) is 12.0 Å². The summed E-state index contributed by atoms with van der Waals surface area (Å²) in [6.45, 7) is 3.87. The van der Waals surface area contributed by atoms with Crippen molar-refractivity contribution in [2.24, 2.45) is 0 Å². The molecule has 0 amide bonds. The molecule has 0 spiro atoms. The standard InChI is InChI=1S/C15H13N3O2/c1-8-14(9(2)17-7-16-8)11-4-3-10-5-13(15(19)20)18-12(10)6-11/h3-7,18H,1-2H3,(H,19,20). The maximum atomic E-state index is 11.0. The van der Waals surface area contributed by atoms with Crippen LogP contribution in [-0.2, 0) is 0 Å². The molecule has 1 aromatic carbocycles. The third kappa shape index (κ3) is 1.93. The third-order valence-corrected chi connectivity index (χ3v) is 3.37. The molecular weight excluding hydrogens is 254 g/mol. The van der Waals surface area contributed by atoms with Gasteiger partial charge < -0.3 is 10.1 Å². The number of nitrogens with zero attached hydrogens (tertiary/aromatic N) is 2. The number of carboxylic acid groups (broad SMARTS) is 1. The van der Waals surface area contributed by atoms with Crippen molar-refractivity contribution in [2.45, 2.75) is 13.8 Å². The van der Waals surface area contributed by atoms with Crippen molar-refractivity contribution in [3.05, 3.63) is 47.7 Å². The van der Waals surface area contributed by atoms with Gasteiger partial charge in [0.05, 0.1) is 0 Å². The highest BCUT2D eigenvalue weighted by Crippen LogP contribution is 2.28. The summed E-state index contributed by atoms with van der Waals surface area (Å²) in [6, 6.07) is 7.42. The first-order chi connectivity index (χ1) is 9.56. The second-order valence-corrected chi connectivity index (χ2v) is 4.71. The predicted octanol–water partition coefficient (Wildman–Crippen LogP) is 2.94. The monoisotopic (exact) mass is 267 g/mol. The number of aryl methyl sites for hydroxylation is 2. The Morgan fingerprint density at radius 1 is 1.15 bits per heavy atom. The molecule has 0 unspecified atom stereocenters. The lowest BCUT2D eigenvalue weighted by Crippen LogP contribution is -1.95. The Labute approximate surface area is 115 Å². The van der Waals surface area contributed by atoms with Crippen LogP contribution in [0.4, 0.5) is 0 Å². The van der Waals surface area contributed by atoms with Crippen LogP contribution in [0, 0.1) is 13.8 Å². The van der Waals surface area contributed by atoms with Crippen molar-refractivity contribution in [3.8, 4) is 11.1 Å². The Hall–Kier alpha value is -2.69. The first-order valence-electron chi connectivity index (χ1n) is 6.21.